The lowest BCUT2D eigenvalue weighted by Gasteiger charge is -2.24. The molecule has 2 N–H and O–H groups in total. The first-order chi connectivity index (χ1) is 9.78. The average Bonchev–Trinajstić information content (AvgIpc) is 2.52. The minimum absolute atomic E-state index is 0.251. The highest BCUT2D eigenvalue weighted by Gasteiger charge is 2.14. The smallest absolute Gasteiger partial charge is 0.190 e. The number of nitrogens with zero attached hydrogens (tertiary/aromatic N) is 1. The van der Waals surface area contributed by atoms with Crippen LogP contribution >= 0.6 is 0 Å². The van der Waals surface area contributed by atoms with Gasteiger partial charge in [0.25, 0.3) is 0 Å². The van der Waals surface area contributed by atoms with E-state index in [1.165, 1.54) is 32.1 Å². The van der Waals surface area contributed by atoms with Gasteiger partial charge in [0, 0.05) is 12.6 Å². The fourth-order valence-electron chi connectivity index (χ4n) is 2.50. The Labute approximate surface area is 120 Å². The van der Waals surface area contributed by atoms with Crippen molar-refractivity contribution in [2.45, 2.75) is 44.2 Å². The fraction of sp³-hybridized carbons (Fsp3) is 0.562. The monoisotopic (exact) mass is 274 g/mol. The van der Waals surface area contributed by atoms with E-state index in [1.807, 2.05) is 0 Å². The van der Waals surface area contributed by atoms with Crippen LogP contribution < -0.4 is 10.1 Å². The molecule has 0 aromatic heterocycles. The van der Waals surface area contributed by atoms with Gasteiger partial charge < -0.3 is 15.2 Å². The highest BCUT2D eigenvalue weighted by atomic mass is 16.5. The Hall–Kier alpha value is -1.57. The molecule has 1 aromatic rings. The summed E-state index contributed by atoms with van der Waals surface area (Å²) in [4.78, 5) is 3.35. The quantitative estimate of drug-likeness (QED) is 0.784. The molecule has 4 nitrogen and oxygen atoms in total. The standard InChI is InChI=1S/C16H22N2O2/c1-17-14-8-5-9-16(10-14)20-12-15(19)11-18-13-6-3-2-4-7-13/h5,8-10,13,15,18-19H,2-4,6-7,11-12H2/t15-/m0/s1. The molecule has 4 heteroatoms. The molecular formula is C16H22N2O2. The van der Waals surface area contributed by atoms with Gasteiger partial charge in [0.2, 0.25) is 0 Å². The van der Waals surface area contributed by atoms with E-state index in [4.69, 9.17) is 11.3 Å². The maximum absolute atomic E-state index is 9.92. The van der Waals surface area contributed by atoms with Crippen LogP contribution in [0.15, 0.2) is 24.3 Å². The molecule has 0 unspecified atom stereocenters. The van der Waals surface area contributed by atoms with E-state index in [0.29, 0.717) is 24.0 Å². The molecule has 108 valence electrons. The Morgan fingerprint density at radius 2 is 2.15 bits per heavy atom. The number of aliphatic hydroxyl groups excluding tert-OH is 1. The number of hydrogen-bond acceptors (Lipinski definition) is 3. The molecule has 1 aromatic carbocycles. The highest BCUT2D eigenvalue weighted by molar-refractivity contribution is 5.48. The van der Waals surface area contributed by atoms with Crippen molar-refractivity contribution >= 4 is 5.69 Å². The van der Waals surface area contributed by atoms with E-state index in [-0.39, 0.29) is 6.61 Å². The second-order valence-electron chi connectivity index (χ2n) is 5.32. The van der Waals surface area contributed by atoms with Crippen LogP contribution in [0.1, 0.15) is 32.1 Å². The maximum atomic E-state index is 9.92. The molecule has 0 spiro atoms. The third-order valence-electron chi connectivity index (χ3n) is 3.64. The zero-order chi connectivity index (χ0) is 14.2. The van der Waals surface area contributed by atoms with E-state index < -0.39 is 6.10 Å². The molecule has 1 saturated carbocycles. The summed E-state index contributed by atoms with van der Waals surface area (Å²) in [5.41, 5.74) is 0.553. The Morgan fingerprint density at radius 1 is 1.35 bits per heavy atom. The lowest BCUT2D eigenvalue weighted by atomic mass is 9.95. The summed E-state index contributed by atoms with van der Waals surface area (Å²) >= 11 is 0. The van der Waals surface area contributed by atoms with Crippen molar-refractivity contribution < 1.29 is 9.84 Å². The highest BCUT2D eigenvalue weighted by Crippen LogP contribution is 2.20. The molecule has 0 radical (unpaired) electrons. The van der Waals surface area contributed by atoms with Crippen molar-refractivity contribution in [3.05, 3.63) is 35.7 Å². The van der Waals surface area contributed by atoms with Gasteiger partial charge in [-0.15, -0.1) is 0 Å². The van der Waals surface area contributed by atoms with Crippen LogP contribution in [0.3, 0.4) is 0 Å². The first-order valence-corrected chi connectivity index (χ1v) is 7.29. The predicted molar refractivity (Wildman–Crippen MR) is 79.1 cm³/mol. The zero-order valence-corrected chi connectivity index (χ0v) is 11.7. The van der Waals surface area contributed by atoms with Gasteiger partial charge in [-0.05, 0) is 25.0 Å². The first kappa shape index (κ1) is 14.8. The molecule has 0 amide bonds. The van der Waals surface area contributed by atoms with Crippen molar-refractivity contribution in [3.8, 4) is 5.75 Å². The van der Waals surface area contributed by atoms with Crippen LogP contribution in [0, 0.1) is 6.57 Å². The van der Waals surface area contributed by atoms with Gasteiger partial charge in [0.15, 0.2) is 5.69 Å². The normalized spacial score (nSPS) is 17.4. The van der Waals surface area contributed by atoms with Gasteiger partial charge in [0.1, 0.15) is 18.5 Å². The number of rotatable bonds is 6. The third kappa shape index (κ3) is 4.84. The predicted octanol–water partition coefficient (Wildman–Crippen LogP) is 2.90. The minimum atomic E-state index is -0.520. The van der Waals surface area contributed by atoms with E-state index >= 15 is 0 Å². The Morgan fingerprint density at radius 3 is 2.90 bits per heavy atom. The molecule has 0 saturated heterocycles. The number of aliphatic hydroxyl groups is 1. The van der Waals surface area contributed by atoms with Crippen molar-refractivity contribution in [2.75, 3.05) is 13.2 Å². The van der Waals surface area contributed by atoms with E-state index in [0.717, 1.165) is 0 Å². The van der Waals surface area contributed by atoms with Crippen LogP contribution in [0.25, 0.3) is 4.85 Å². The van der Waals surface area contributed by atoms with E-state index in [9.17, 15) is 5.11 Å². The van der Waals surface area contributed by atoms with E-state index in [1.54, 1.807) is 24.3 Å². The molecule has 0 aliphatic heterocycles. The number of benzene rings is 1. The summed E-state index contributed by atoms with van der Waals surface area (Å²) in [7, 11) is 0. The van der Waals surface area contributed by atoms with Crippen molar-refractivity contribution in [1.82, 2.24) is 5.32 Å². The average molecular weight is 274 g/mol. The number of ether oxygens (including phenoxy) is 1. The van der Waals surface area contributed by atoms with Crippen molar-refractivity contribution in [2.24, 2.45) is 0 Å². The number of hydrogen-bond donors (Lipinski definition) is 2. The van der Waals surface area contributed by atoms with Crippen LogP contribution in [-0.2, 0) is 0 Å². The van der Waals surface area contributed by atoms with Gasteiger partial charge in [-0.1, -0.05) is 31.4 Å². The summed E-state index contributed by atoms with van der Waals surface area (Å²) in [6.45, 7) is 7.76. The molecule has 1 aliphatic rings. The summed E-state index contributed by atoms with van der Waals surface area (Å²) in [6, 6.07) is 7.56. The van der Waals surface area contributed by atoms with Crippen LogP contribution in [-0.4, -0.2) is 30.4 Å². The molecular weight excluding hydrogens is 252 g/mol. The van der Waals surface area contributed by atoms with Gasteiger partial charge in [-0.3, -0.25) is 0 Å². The number of nitrogens with one attached hydrogen (secondary N) is 1. The Kier molecular flexibility index (Phi) is 5.85. The maximum Gasteiger partial charge on any atom is 0.190 e. The molecule has 1 atom stereocenters. The van der Waals surface area contributed by atoms with Crippen LogP contribution in [0.2, 0.25) is 0 Å². The molecule has 0 heterocycles. The SMILES string of the molecule is [C-]#[N+]c1cccc(OC[C@@H](O)CNC2CCCCC2)c1. The molecule has 0 bridgehead atoms. The topological polar surface area (TPSA) is 45.9 Å². The second-order valence-corrected chi connectivity index (χ2v) is 5.32. The second kappa shape index (κ2) is 7.88. The van der Waals surface area contributed by atoms with Crippen LogP contribution in [0.4, 0.5) is 5.69 Å². The summed E-state index contributed by atoms with van der Waals surface area (Å²) < 4.78 is 5.52. The summed E-state index contributed by atoms with van der Waals surface area (Å²) in [6.07, 6.45) is 5.80. The van der Waals surface area contributed by atoms with Crippen molar-refractivity contribution in [3.63, 3.8) is 0 Å². The van der Waals surface area contributed by atoms with Crippen LogP contribution in [0.5, 0.6) is 5.75 Å². The first-order valence-electron chi connectivity index (χ1n) is 7.29. The van der Waals surface area contributed by atoms with Gasteiger partial charge >= 0.3 is 0 Å². The lowest BCUT2D eigenvalue weighted by molar-refractivity contribution is 0.102. The lowest BCUT2D eigenvalue weighted by Crippen LogP contribution is -2.38. The van der Waals surface area contributed by atoms with Gasteiger partial charge in [-0.2, -0.15) is 0 Å². The minimum Gasteiger partial charge on any atom is -0.492 e. The molecule has 1 fully saturated rings. The van der Waals surface area contributed by atoms with E-state index in [2.05, 4.69) is 10.2 Å². The van der Waals surface area contributed by atoms with Gasteiger partial charge in [0.05, 0.1) is 6.57 Å². The van der Waals surface area contributed by atoms with Gasteiger partial charge in [-0.25, -0.2) is 4.85 Å². The molecule has 1 aliphatic carbocycles. The summed E-state index contributed by atoms with van der Waals surface area (Å²) in [5, 5.41) is 13.3. The Bertz CT molecular complexity index is 450. The van der Waals surface area contributed by atoms with Crippen molar-refractivity contribution in [1.29, 1.82) is 0 Å². The fourth-order valence-corrected chi connectivity index (χ4v) is 2.50. The zero-order valence-electron chi connectivity index (χ0n) is 11.7. The molecule has 20 heavy (non-hydrogen) atoms. The Balaban J connectivity index is 1.68. The largest absolute Gasteiger partial charge is 0.492 e. The molecule has 2 rings (SSSR count). The third-order valence-corrected chi connectivity index (χ3v) is 3.64. The summed E-state index contributed by atoms with van der Waals surface area (Å²) in [5.74, 6) is 0.634.